The van der Waals surface area contributed by atoms with Gasteiger partial charge in [0.05, 0.1) is 25.0 Å². The molecular formula is C18H22N2O4. The first-order valence-corrected chi connectivity index (χ1v) is 9.01. The van der Waals surface area contributed by atoms with Gasteiger partial charge in [-0.1, -0.05) is 12.2 Å². The minimum absolute atomic E-state index is 0.121. The van der Waals surface area contributed by atoms with Crippen LogP contribution in [0, 0.1) is 35.5 Å². The van der Waals surface area contributed by atoms with Crippen LogP contribution in [0.2, 0.25) is 0 Å². The van der Waals surface area contributed by atoms with Gasteiger partial charge in [0.2, 0.25) is 17.7 Å². The van der Waals surface area contributed by atoms with Crippen LogP contribution in [0.4, 0.5) is 0 Å². The predicted molar refractivity (Wildman–Crippen MR) is 83.4 cm³/mol. The molecule has 2 bridgehead atoms. The van der Waals surface area contributed by atoms with Crippen LogP contribution < -0.4 is 0 Å². The molecule has 2 aliphatic heterocycles. The lowest BCUT2D eigenvalue weighted by atomic mass is 9.63. The molecule has 0 N–H and O–H groups in total. The molecule has 4 fully saturated rings. The van der Waals surface area contributed by atoms with Crippen molar-refractivity contribution >= 4 is 17.7 Å². The van der Waals surface area contributed by atoms with Crippen molar-refractivity contribution in [1.82, 2.24) is 9.80 Å². The summed E-state index contributed by atoms with van der Waals surface area (Å²) in [6.45, 7) is 3.79. The molecule has 2 saturated carbocycles. The Balaban J connectivity index is 1.40. The van der Waals surface area contributed by atoms with Gasteiger partial charge >= 0.3 is 0 Å². The number of morpholine rings is 1. The predicted octanol–water partition coefficient (Wildman–Crippen LogP) is 0.287. The molecule has 24 heavy (non-hydrogen) atoms. The topological polar surface area (TPSA) is 66.9 Å². The monoisotopic (exact) mass is 330 g/mol. The van der Waals surface area contributed by atoms with Crippen molar-refractivity contribution in [3.8, 4) is 0 Å². The van der Waals surface area contributed by atoms with Gasteiger partial charge in [-0.05, 0) is 37.0 Å². The van der Waals surface area contributed by atoms with E-state index in [1.807, 2.05) is 0 Å². The Morgan fingerprint density at radius 3 is 2.17 bits per heavy atom. The van der Waals surface area contributed by atoms with E-state index < -0.39 is 6.04 Å². The van der Waals surface area contributed by atoms with Crippen LogP contribution in [-0.2, 0) is 19.1 Å². The van der Waals surface area contributed by atoms with Crippen LogP contribution in [0.3, 0.4) is 0 Å². The van der Waals surface area contributed by atoms with Crippen molar-refractivity contribution in [2.45, 2.75) is 19.4 Å². The highest BCUT2D eigenvalue weighted by atomic mass is 16.5. The molecule has 128 valence electrons. The second-order valence-electron chi connectivity index (χ2n) is 7.81. The fraction of sp³-hybridized carbons (Fsp3) is 0.722. The molecular weight excluding hydrogens is 308 g/mol. The highest BCUT2D eigenvalue weighted by Crippen LogP contribution is 2.65. The van der Waals surface area contributed by atoms with Crippen LogP contribution in [0.15, 0.2) is 12.2 Å². The number of ether oxygens (including phenoxy) is 1. The first-order valence-electron chi connectivity index (χ1n) is 9.01. The molecule has 7 atom stereocenters. The SMILES string of the molecule is C[C@H](C(=O)N1CCOCC1)N1C(=O)[C@@H]2[C@H]3C=C[C@@H]([C@@H]4C[C@@H]34)[C@@H]2C1=O. The fourth-order valence-electron chi connectivity index (χ4n) is 5.52. The zero-order chi connectivity index (χ0) is 16.6. The Labute approximate surface area is 140 Å². The summed E-state index contributed by atoms with van der Waals surface area (Å²) in [6, 6.07) is -0.704. The summed E-state index contributed by atoms with van der Waals surface area (Å²) in [5, 5.41) is 0. The molecule has 6 rings (SSSR count). The average Bonchev–Trinajstić information content (AvgIpc) is 3.39. The summed E-state index contributed by atoms with van der Waals surface area (Å²) < 4.78 is 5.28. The minimum atomic E-state index is -0.704. The van der Waals surface area contributed by atoms with Crippen LogP contribution in [-0.4, -0.2) is 59.9 Å². The molecule has 6 aliphatic rings. The van der Waals surface area contributed by atoms with Gasteiger partial charge in [0.1, 0.15) is 6.04 Å². The molecule has 0 spiro atoms. The Morgan fingerprint density at radius 2 is 1.62 bits per heavy atom. The van der Waals surface area contributed by atoms with E-state index in [9.17, 15) is 14.4 Å². The third-order valence-electron chi connectivity index (χ3n) is 6.76. The average molecular weight is 330 g/mol. The molecule has 4 aliphatic carbocycles. The molecule has 0 radical (unpaired) electrons. The maximum absolute atomic E-state index is 13.0. The Kier molecular flexibility index (Phi) is 2.99. The van der Waals surface area contributed by atoms with Crippen LogP contribution in [0.5, 0.6) is 0 Å². The molecule has 0 aromatic heterocycles. The van der Waals surface area contributed by atoms with E-state index in [2.05, 4.69) is 12.2 Å². The standard InChI is InChI=1S/C18H22N2O4/c1-9(16(21)19-4-6-24-7-5-19)20-17(22)14-10-2-3-11(13-8-12(10)13)15(14)18(20)23/h2-3,9-15H,4-8H2,1H3/t9-,10+,11+,12+,13+,14-,15+/m1/s1. The third kappa shape index (κ3) is 1.78. The van der Waals surface area contributed by atoms with Gasteiger partial charge in [-0.25, -0.2) is 0 Å². The number of carbonyl (C=O) groups is 3. The van der Waals surface area contributed by atoms with Crippen molar-refractivity contribution in [1.29, 1.82) is 0 Å². The molecule has 0 unspecified atom stereocenters. The molecule has 0 aromatic rings. The van der Waals surface area contributed by atoms with Crippen molar-refractivity contribution in [2.24, 2.45) is 35.5 Å². The normalized spacial score (nSPS) is 43.7. The van der Waals surface area contributed by atoms with Gasteiger partial charge in [-0.2, -0.15) is 0 Å². The Bertz CT molecular complexity index is 617. The second-order valence-corrected chi connectivity index (χ2v) is 7.81. The van der Waals surface area contributed by atoms with E-state index in [0.717, 1.165) is 6.42 Å². The van der Waals surface area contributed by atoms with Gasteiger partial charge in [0.15, 0.2) is 0 Å². The van der Waals surface area contributed by atoms with Gasteiger partial charge < -0.3 is 9.64 Å². The lowest BCUT2D eigenvalue weighted by Gasteiger charge is -2.37. The van der Waals surface area contributed by atoms with Crippen LogP contribution in [0.1, 0.15) is 13.3 Å². The number of hydrogen-bond acceptors (Lipinski definition) is 4. The molecule has 0 aromatic carbocycles. The largest absolute Gasteiger partial charge is 0.378 e. The van der Waals surface area contributed by atoms with Gasteiger partial charge in [-0.3, -0.25) is 19.3 Å². The summed E-state index contributed by atoms with van der Waals surface area (Å²) in [5.41, 5.74) is 0. The number of amides is 3. The number of allylic oxidation sites excluding steroid dienone is 2. The van der Waals surface area contributed by atoms with Gasteiger partial charge in [-0.15, -0.1) is 0 Å². The van der Waals surface area contributed by atoms with Gasteiger partial charge in [0.25, 0.3) is 0 Å². The summed E-state index contributed by atoms with van der Waals surface area (Å²) >= 11 is 0. The summed E-state index contributed by atoms with van der Waals surface area (Å²) in [6.07, 6.45) is 5.46. The first kappa shape index (κ1) is 14.6. The molecule has 2 heterocycles. The molecule has 2 saturated heterocycles. The quantitative estimate of drug-likeness (QED) is 0.539. The number of nitrogens with zero attached hydrogens (tertiary/aromatic N) is 2. The van der Waals surface area contributed by atoms with E-state index in [1.54, 1.807) is 11.8 Å². The smallest absolute Gasteiger partial charge is 0.245 e. The Morgan fingerprint density at radius 1 is 1.08 bits per heavy atom. The summed E-state index contributed by atoms with van der Waals surface area (Å²) in [4.78, 5) is 41.8. The van der Waals surface area contributed by atoms with Crippen LogP contribution >= 0.6 is 0 Å². The van der Waals surface area contributed by atoms with E-state index in [0.29, 0.717) is 38.1 Å². The summed E-state index contributed by atoms with van der Waals surface area (Å²) in [5.74, 6) is 0.754. The Hall–Kier alpha value is -1.69. The van der Waals surface area contributed by atoms with E-state index in [-0.39, 0.29) is 41.4 Å². The van der Waals surface area contributed by atoms with Crippen molar-refractivity contribution in [3.05, 3.63) is 12.2 Å². The third-order valence-corrected chi connectivity index (χ3v) is 6.76. The maximum Gasteiger partial charge on any atom is 0.245 e. The molecule has 6 heteroatoms. The number of rotatable bonds is 2. The van der Waals surface area contributed by atoms with Crippen molar-refractivity contribution < 1.29 is 19.1 Å². The maximum atomic E-state index is 13.0. The molecule has 3 amide bonds. The highest BCUT2D eigenvalue weighted by molar-refractivity contribution is 6.09. The van der Waals surface area contributed by atoms with Gasteiger partial charge in [0, 0.05) is 13.1 Å². The number of imide groups is 1. The van der Waals surface area contributed by atoms with Crippen molar-refractivity contribution in [3.63, 3.8) is 0 Å². The molecule has 6 nitrogen and oxygen atoms in total. The fourth-order valence-corrected chi connectivity index (χ4v) is 5.52. The number of likely N-dealkylation sites (tertiary alicyclic amines) is 1. The first-order chi connectivity index (χ1) is 11.6. The lowest BCUT2D eigenvalue weighted by Crippen LogP contribution is -2.52. The lowest BCUT2D eigenvalue weighted by molar-refractivity contribution is -0.152. The van der Waals surface area contributed by atoms with Crippen LogP contribution in [0.25, 0.3) is 0 Å². The highest BCUT2D eigenvalue weighted by Gasteiger charge is 2.67. The number of hydrogen-bond donors (Lipinski definition) is 0. The minimum Gasteiger partial charge on any atom is -0.378 e. The summed E-state index contributed by atoms with van der Waals surface area (Å²) in [7, 11) is 0. The zero-order valence-corrected chi connectivity index (χ0v) is 13.8. The van der Waals surface area contributed by atoms with E-state index in [4.69, 9.17) is 4.74 Å². The zero-order valence-electron chi connectivity index (χ0n) is 13.8. The number of carbonyl (C=O) groups excluding carboxylic acids is 3. The van der Waals surface area contributed by atoms with E-state index in [1.165, 1.54) is 4.90 Å². The van der Waals surface area contributed by atoms with E-state index >= 15 is 0 Å². The van der Waals surface area contributed by atoms with Crippen molar-refractivity contribution in [2.75, 3.05) is 26.3 Å². The second kappa shape index (κ2) is 4.91.